The Morgan fingerprint density at radius 2 is 0.857 bits per heavy atom. The quantitative estimate of drug-likeness (QED) is 0.393. The van der Waals surface area contributed by atoms with Crippen molar-refractivity contribution in [2.24, 2.45) is 0 Å². The molecule has 0 bridgehead atoms. The first kappa shape index (κ1) is 7.08. The SMILES string of the molecule is [O]=[Os-2](=[O])([OH])([OH])([OH])[OH]. The molecule has 0 fully saturated rings. The summed E-state index contributed by atoms with van der Waals surface area (Å²) in [5.74, 6) is 0. The van der Waals surface area contributed by atoms with Gasteiger partial charge in [0, 0.05) is 0 Å². The fourth-order valence-electron chi connectivity index (χ4n) is 0. The van der Waals surface area contributed by atoms with E-state index in [2.05, 4.69) is 0 Å². The van der Waals surface area contributed by atoms with Crippen LogP contribution in [0.5, 0.6) is 0 Å². The molecule has 0 saturated heterocycles. The molecule has 0 amide bonds. The van der Waals surface area contributed by atoms with Gasteiger partial charge in [0.1, 0.15) is 0 Å². The molecule has 0 spiro atoms. The normalized spacial score (nSPS) is 22.9. The Morgan fingerprint density at radius 1 is 0.857 bits per heavy atom. The molecule has 0 atom stereocenters. The van der Waals surface area contributed by atoms with Gasteiger partial charge in [0.2, 0.25) is 0 Å². The standard InChI is InChI=1S/4H2O.2O.Os/h4*1H2;;;/q;;;;;;+2/p-4. The second kappa shape index (κ2) is 0.689. The van der Waals surface area contributed by atoms with Gasteiger partial charge >= 0.3 is 36.7 Å². The number of hydrogen-bond donors (Lipinski definition) is 4. The third-order valence-corrected chi connectivity index (χ3v) is 0. The minimum atomic E-state index is -8.71. The zero-order valence-corrected chi connectivity index (χ0v) is 5.50. The van der Waals surface area contributed by atoms with E-state index in [1.165, 1.54) is 0 Å². The van der Waals surface area contributed by atoms with E-state index in [0.717, 1.165) is 0 Å². The molecule has 0 aliphatic carbocycles. The summed E-state index contributed by atoms with van der Waals surface area (Å²) in [5.41, 5.74) is 0. The van der Waals surface area contributed by atoms with Crippen LogP contribution in [0.2, 0.25) is 0 Å². The molecule has 0 aliphatic heterocycles. The predicted molar refractivity (Wildman–Crippen MR) is 10.2 cm³/mol. The molecule has 7 heavy (non-hydrogen) atoms. The molecule has 4 N–H and O–H groups in total. The van der Waals surface area contributed by atoms with Gasteiger partial charge in [-0.3, -0.25) is 0 Å². The summed E-state index contributed by atoms with van der Waals surface area (Å²) in [4.78, 5) is 0. The monoisotopic (exact) mass is 292 g/mol. The fourth-order valence-corrected chi connectivity index (χ4v) is 0. The molecule has 0 aliphatic rings. The Morgan fingerprint density at radius 3 is 0.857 bits per heavy atom. The van der Waals surface area contributed by atoms with Crippen LogP contribution in [0.4, 0.5) is 0 Å². The van der Waals surface area contributed by atoms with Crippen molar-refractivity contribution < 1.29 is 36.7 Å². The molecular weight excluding hydrogens is 286 g/mol. The zero-order valence-electron chi connectivity index (χ0n) is 2.96. The first-order valence-electron chi connectivity index (χ1n) is 0.921. The molecular formula is H4O6Os-2. The molecule has 0 aromatic carbocycles. The van der Waals surface area contributed by atoms with Crippen molar-refractivity contribution in [3.63, 3.8) is 0 Å². The van der Waals surface area contributed by atoms with E-state index in [4.69, 9.17) is 22.7 Å². The van der Waals surface area contributed by atoms with Gasteiger partial charge < -0.3 is 0 Å². The molecule has 0 aromatic heterocycles. The summed E-state index contributed by atoms with van der Waals surface area (Å²) in [6.07, 6.45) is 0. The summed E-state index contributed by atoms with van der Waals surface area (Å²) in [6.45, 7) is 0. The summed E-state index contributed by atoms with van der Waals surface area (Å²) >= 11 is -8.71. The molecule has 0 unspecified atom stereocenters. The summed E-state index contributed by atoms with van der Waals surface area (Å²) in [5, 5.41) is 0. The fraction of sp³-hybridized carbons (Fsp3) is 0. The van der Waals surface area contributed by atoms with Crippen molar-refractivity contribution in [3.8, 4) is 0 Å². The third-order valence-electron chi connectivity index (χ3n) is 0. The van der Waals surface area contributed by atoms with Crippen LogP contribution in [0, 0.1) is 0 Å². The second-order valence-electron chi connectivity index (χ2n) is 1.000. The molecule has 0 saturated carbocycles. The van der Waals surface area contributed by atoms with E-state index in [0.29, 0.717) is 0 Å². The minimum absolute atomic E-state index is 7.20. The van der Waals surface area contributed by atoms with Crippen LogP contribution in [0.15, 0.2) is 0 Å². The van der Waals surface area contributed by atoms with E-state index in [9.17, 15) is 0 Å². The molecule has 7 heteroatoms. The van der Waals surface area contributed by atoms with Gasteiger partial charge in [-0.2, -0.15) is 0 Å². The molecule has 50 valence electrons. The first-order valence-corrected chi connectivity index (χ1v) is 7.54. The van der Waals surface area contributed by atoms with Crippen molar-refractivity contribution in [3.05, 3.63) is 0 Å². The van der Waals surface area contributed by atoms with Gasteiger partial charge in [-0.1, -0.05) is 0 Å². The maximum atomic E-state index is 9.12. The molecule has 0 aromatic rings. The topological polar surface area (TPSA) is 115 Å². The van der Waals surface area contributed by atoms with Gasteiger partial charge in [0.05, 0.1) is 0 Å². The van der Waals surface area contributed by atoms with Crippen LogP contribution in [0.1, 0.15) is 0 Å². The van der Waals surface area contributed by atoms with Gasteiger partial charge in [-0.05, 0) is 0 Å². The van der Waals surface area contributed by atoms with Crippen LogP contribution in [-0.2, 0) is 21.1 Å². The van der Waals surface area contributed by atoms with Crippen molar-refractivity contribution >= 4 is 0 Å². The van der Waals surface area contributed by atoms with Crippen LogP contribution in [0.3, 0.4) is 0 Å². The van der Waals surface area contributed by atoms with Crippen LogP contribution >= 0.6 is 0 Å². The Bertz CT molecular complexity index is 184. The van der Waals surface area contributed by atoms with Gasteiger partial charge in [0.15, 0.2) is 0 Å². The first-order chi connectivity index (χ1) is 2.45. The van der Waals surface area contributed by atoms with E-state index < -0.39 is 14.0 Å². The van der Waals surface area contributed by atoms with Gasteiger partial charge in [-0.15, -0.1) is 0 Å². The molecule has 0 rings (SSSR count). The summed E-state index contributed by atoms with van der Waals surface area (Å²) in [7, 11) is 0. The Hall–Kier alpha value is 0.0764. The van der Waals surface area contributed by atoms with Crippen LogP contribution in [-0.4, -0.2) is 15.6 Å². The van der Waals surface area contributed by atoms with Gasteiger partial charge in [-0.25, -0.2) is 0 Å². The van der Waals surface area contributed by atoms with Crippen LogP contribution in [0.25, 0.3) is 0 Å². The predicted octanol–water partition coefficient (Wildman–Crippen LogP) is -2.47. The molecule has 0 heterocycles. The Labute approximate surface area is 37.5 Å². The second-order valence-corrected chi connectivity index (χ2v) is 8.18. The van der Waals surface area contributed by atoms with Crippen molar-refractivity contribution in [1.29, 1.82) is 0 Å². The van der Waals surface area contributed by atoms with Crippen molar-refractivity contribution in [2.75, 3.05) is 0 Å². The van der Waals surface area contributed by atoms with Crippen molar-refractivity contribution in [1.82, 2.24) is 0 Å². The van der Waals surface area contributed by atoms with E-state index in [1.807, 2.05) is 0 Å². The summed E-state index contributed by atoms with van der Waals surface area (Å²) < 4.78 is 47.0. The number of hydrogen-bond acceptors (Lipinski definition) is 2. The average Bonchev–Trinajstić information content (AvgIpc) is 0.592. The maximum absolute atomic E-state index is 9.12. The third kappa shape index (κ3) is 17300. The average molecular weight is 290 g/mol. The van der Waals surface area contributed by atoms with E-state index in [1.54, 1.807) is 0 Å². The summed E-state index contributed by atoms with van der Waals surface area (Å²) in [6, 6.07) is 0. The Kier molecular flexibility index (Phi) is 0.696. The van der Waals surface area contributed by atoms with E-state index >= 15 is 0 Å². The number of rotatable bonds is 0. The molecule has 0 radical (unpaired) electrons. The Balaban J connectivity index is 5.35. The van der Waals surface area contributed by atoms with Gasteiger partial charge in [0.25, 0.3) is 0 Å². The van der Waals surface area contributed by atoms with Crippen molar-refractivity contribution in [2.45, 2.75) is 0 Å². The van der Waals surface area contributed by atoms with E-state index in [-0.39, 0.29) is 0 Å². The molecule has 6 nitrogen and oxygen atoms in total. The van der Waals surface area contributed by atoms with Crippen LogP contribution < -0.4 is 0 Å². The zero-order chi connectivity index (χ0) is 6.41.